The minimum Gasteiger partial charge on any atom is -0.340 e. The summed E-state index contributed by atoms with van der Waals surface area (Å²) < 4.78 is 0. The Morgan fingerprint density at radius 2 is 1.69 bits per heavy atom. The predicted molar refractivity (Wildman–Crippen MR) is 64.3 cm³/mol. The fraction of sp³-hybridized carbons (Fsp3) is 0.917. The van der Waals surface area contributed by atoms with Crippen LogP contribution in [0.1, 0.15) is 20.8 Å². The number of piperazine rings is 1. The Labute approximate surface area is 98.2 Å². The molecule has 0 saturated carbocycles. The number of rotatable bonds is 2. The molecule has 92 valence electrons. The highest BCUT2D eigenvalue weighted by Crippen LogP contribution is 2.18. The fourth-order valence-electron chi connectivity index (χ4n) is 2.54. The second-order valence-electron chi connectivity index (χ2n) is 5.24. The summed E-state index contributed by atoms with van der Waals surface area (Å²) in [5, 5.41) is 0. The molecule has 0 atom stereocenters. The molecule has 0 aromatic rings. The van der Waals surface area contributed by atoms with Crippen molar-refractivity contribution >= 4 is 5.91 Å². The molecule has 0 bridgehead atoms. The monoisotopic (exact) mass is 225 g/mol. The van der Waals surface area contributed by atoms with Gasteiger partial charge in [0.15, 0.2) is 0 Å². The summed E-state index contributed by atoms with van der Waals surface area (Å²) in [7, 11) is 0. The smallest absolute Gasteiger partial charge is 0.219 e. The third-order valence-corrected chi connectivity index (χ3v) is 3.90. The molecule has 0 N–H and O–H groups in total. The summed E-state index contributed by atoms with van der Waals surface area (Å²) in [5.41, 5.74) is 0. The molecule has 0 aliphatic carbocycles. The molecule has 2 heterocycles. The van der Waals surface area contributed by atoms with Gasteiger partial charge in [0.2, 0.25) is 5.91 Å². The molecule has 4 heteroatoms. The van der Waals surface area contributed by atoms with Gasteiger partial charge in [-0.25, -0.2) is 0 Å². The van der Waals surface area contributed by atoms with Crippen LogP contribution in [0.3, 0.4) is 0 Å². The van der Waals surface area contributed by atoms with Gasteiger partial charge in [-0.15, -0.1) is 0 Å². The van der Waals surface area contributed by atoms with E-state index in [0.29, 0.717) is 6.04 Å². The van der Waals surface area contributed by atoms with Crippen LogP contribution >= 0.6 is 0 Å². The molecule has 2 rings (SSSR count). The zero-order chi connectivity index (χ0) is 11.7. The number of hydrogen-bond acceptors (Lipinski definition) is 3. The summed E-state index contributed by atoms with van der Waals surface area (Å²) in [6, 6.07) is 1.41. The molecule has 16 heavy (non-hydrogen) atoms. The topological polar surface area (TPSA) is 26.8 Å². The molecule has 2 fully saturated rings. The molecule has 0 spiro atoms. The number of hydrogen-bond donors (Lipinski definition) is 0. The van der Waals surface area contributed by atoms with Gasteiger partial charge < -0.3 is 4.90 Å². The Morgan fingerprint density at radius 1 is 1.12 bits per heavy atom. The Hall–Kier alpha value is -0.610. The number of amides is 1. The zero-order valence-corrected chi connectivity index (χ0v) is 10.6. The van der Waals surface area contributed by atoms with Crippen molar-refractivity contribution in [2.24, 2.45) is 0 Å². The van der Waals surface area contributed by atoms with Crippen molar-refractivity contribution in [3.63, 3.8) is 0 Å². The molecule has 4 nitrogen and oxygen atoms in total. The predicted octanol–water partition coefficient (Wildman–Crippen LogP) is 0.243. The van der Waals surface area contributed by atoms with E-state index >= 15 is 0 Å². The maximum Gasteiger partial charge on any atom is 0.219 e. The van der Waals surface area contributed by atoms with E-state index in [9.17, 15) is 4.79 Å². The molecule has 0 aromatic heterocycles. The van der Waals surface area contributed by atoms with E-state index in [0.717, 1.165) is 32.2 Å². The zero-order valence-electron chi connectivity index (χ0n) is 10.6. The van der Waals surface area contributed by atoms with Crippen LogP contribution in [0.4, 0.5) is 0 Å². The van der Waals surface area contributed by atoms with Gasteiger partial charge in [-0.3, -0.25) is 14.6 Å². The van der Waals surface area contributed by atoms with Crippen molar-refractivity contribution in [1.29, 1.82) is 0 Å². The van der Waals surface area contributed by atoms with Gasteiger partial charge in [0.1, 0.15) is 0 Å². The van der Waals surface area contributed by atoms with E-state index < -0.39 is 0 Å². The molecule has 0 aromatic carbocycles. The number of carbonyl (C=O) groups is 1. The highest BCUT2D eigenvalue weighted by Gasteiger charge is 2.34. The average Bonchev–Trinajstić information content (AvgIpc) is 2.15. The third kappa shape index (κ3) is 2.38. The van der Waals surface area contributed by atoms with Crippen molar-refractivity contribution in [3.05, 3.63) is 0 Å². The van der Waals surface area contributed by atoms with Crippen molar-refractivity contribution in [1.82, 2.24) is 14.7 Å². The van der Waals surface area contributed by atoms with Crippen LogP contribution in [0.25, 0.3) is 0 Å². The van der Waals surface area contributed by atoms with Crippen molar-refractivity contribution < 1.29 is 4.79 Å². The van der Waals surface area contributed by atoms with E-state index in [1.54, 1.807) is 6.92 Å². The first kappa shape index (κ1) is 11.9. The van der Waals surface area contributed by atoms with Crippen LogP contribution in [0.2, 0.25) is 0 Å². The average molecular weight is 225 g/mol. The minimum absolute atomic E-state index is 0.220. The fourth-order valence-corrected chi connectivity index (χ4v) is 2.54. The van der Waals surface area contributed by atoms with Gasteiger partial charge in [-0.05, 0) is 13.8 Å². The van der Waals surface area contributed by atoms with Gasteiger partial charge in [0.05, 0.1) is 0 Å². The Morgan fingerprint density at radius 3 is 2.12 bits per heavy atom. The number of nitrogens with zero attached hydrogens (tertiary/aromatic N) is 3. The van der Waals surface area contributed by atoms with E-state index in [-0.39, 0.29) is 5.91 Å². The molecule has 2 saturated heterocycles. The van der Waals surface area contributed by atoms with Crippen LogP contribution in [-0.4, -0.2) is 72.0 Å². The second-order valence-corrected chi connectivity index (χ2v) is 5.24. The largest absolute Gasteiger partial charge is 0.340 e. The Bertz CT molecular complexity index is 253. The number of likely N-dealkylation sites (tertiary alicyclic amines) is 1. The minimum atomic E-state index is 0.220. The lowest BCUT2D eigenvalue weighted by atomic mass is 10.0. The first-order valence-electron chi connectivity index (χ1n) is 6.31. The summed E-state index contributed by atoms with van der Waals surface area (Å²) in [6.45, 7) is 12.5. The molecular formula is C12H23N3O. The maximum absolute atomic E-state index is 11.2. The maximum atomic E-state index is 11.2. The van der Waals surface area contributed by atoms with Gasteiger partial charge in [-0.1, -0.05) is 0 Å². The summed E-state index contributed by atoms with van der Waals surface area (Å²) in [6.07, 6.45) is 0. The second kappa shape index (κ2) is 4.72. The normalized spacial score (nSPS) is 24.9. The SMILES string of the molecule is CC(=O)N1CCN(C2CN(C(C)C)C2)CC1. The molecule has 1 amide bonds. The van der Waals surface area contributed by atoms with Crippen LogP contribution in [0, 0.1) is 0 Å². The Kier molecular flexibility index (Phi) is 3.50. The van der Waals surface area contributed by atoms with Gasteiger partial charge in [0.25, 0.3) is 0 Å². The van der Waals surface area contributed by atoms with Crippen LogP contribution in [0.5, 0.6) is 0 Å². The standard InChI is InChI=1S/C12H23N3O/c1-10(2)15-8-12(9-15)14-6-4-13(5-7-14)11(3)16/h10,12H,4-9H2,1-3H3. The first-order valence-corrected chi connectivity index (χ1v) is 6.31. The van der Waals surface area contributed by atoms with Crippen molar-refractivity contribution in [2.45, 2.75) is 32.9 Å². The van der Waals surface area contributed by atoms with Gasteiger partial charge in [-0.2, -0.15) is 0 Å². The van der Waals surface area contributed by atoms with Crippen LogP contribution in [-0.2, 0) is 4.79 Å². The van der Waals surface area contributed by atoms with Gasteiger partial charge >= 0.3 is 0 Å². The molecule has 0 unspecified atom stereocenters. The summed E-state index contributed by atoms with van der Waals surface area (Å²) in [5.74, 6) is 0.220. The van der Waals surface area contributed by atoms with Crippen molar-refractivity contribution in [2.75, 3.05) is 39.3 Å². The Balaban J connectivity index is 1.73. The van der Waals surface area contributed by atoms with Crippen molar-refractivity contribution in [3.8, 4) is 0 Å². The quantitative estimate of drug-likeness (QED) is 0.674. The molecule has 2 aliphatic rings. The number of carbonyl (C=O) groups excluding carboxylic acids is 1. The molecule has 2 aliphatic heterocycles. The lowest BCUT2D eigenvalue weighted by Gasteiger charge is -2.49. The summed E-state index contributed by atoms with van der Waals surface area (Å²) >= 11 is 0. The first-order chi connectivity index (χ1) is 7.58. The van der Waals surface area contributed by atoms with E-state index in [1.807, 2.05) is 4.90 Å². The highest BCUT2D eigenvalue weighted by atomic mass is 16.2. The lowest BCUT2D eigenvalue weighted by molar-refractivity contribution is -0.131. The van der Waals surface area contributed by atoms with Crippen LogP contribution in [0.15, 0.2) is 0 Å². The molecular weight excluding hydrogens is 202 g/mol. The summed E-state index contributed by atoms with van der Waals surface area (Å²) in [4.78, 5) is 18.2. The highest BCUT2D eigenvalue weighted by molar-refractivity contribution is 5.73. The van der Waals surface area contributed by atoms with E-state index in [1.165, 1.54) is 13.1 Å². The van der Waals surface area contributed by atoms with Gasteiger partial charge in [0, 0.05) is 58.3 Å². The van der Waals surface area contributed by atoms with E-state index in [2.05, 4.69) is 23.6 Å². The third-order valence-electron chi connectivity index (χ3n) is 3.90. The lowest BCUT2D eigenvalue weighted by Crippen LogP contribution is -2.64. The van der Waals surface area contributed by atoms with Crippen LogP contribution < -0.4 is 0 Å². The van der Waals surface area contributed by atoms with E-state index in [4.69, 9.17) is 0 Å². The molecule has 0 radical (unpaired) electrons.